The van der Waals surface area contributed by atoms with E-state index in [2.05, 4.69) is 26.8 Å². The van der Waals surface area contributed by atoms with Crippen molar-refractivity contribution in [1.82, 2.24) is 0 Å². The van der Waals surface area contributed by atoms with Crippen molar-refractivity contribution in [3.63, 3.8) is 0 Å². The van der Waals surface area contributed by atoms with Crippen LogP contribution in [0.4, 0.5) is 0 Å². The van der Waals surface area contributed by atoms with Crippen LogP contribution in [0.15, 0.2) is 23.0 Å². The Labute approximate surface area is 145 Å². The van der Waals surface area contributed by atoms with Crippen molar-refractivity contribution < 1.29 is 15.3 Å². The third-order valence-corrected chi connectivity index (χ3v) is 8.20. The molecule has 24 heavy (non-hydrogen) atoms. The zero-order chi connectivity index (χ0) is 17.3. The number of allylic oxidation sites excluding steroid dienone is 3. The van der Waals surface area contributed by atoms with E-state index in [1.54, 1.807) is 0 Å². The summed E-state index contributed by atoms with van der Waals surface area (Å²) in [5.74, 6) is 1.23. The zero-order valence-corrected chi connectivity index (χ0v) is 15.3. The predicted molar refractivity (Wildman–Crippen MR) is 94.4 cm³/mol. The van der Waals surface area contributed by atoms with Gasteiger partial charge in [0.15, 0.2) is 0 Å². The molecule has 3 unspecified atom stereocenters. The summed E-state index contributed by atoms with van der Waals surface area (Å²) < 4.78 is 0. The molecule has 0 aromatic carbocycles. The molecule has 3 nitrogen and oxygen atoms in total. The molecule has 4 aliphatic rings. The Balaban J connectivity index is 1.79. The fourth-order valence-electron chi connectivity index (χ4n) is 6.89. The molecule has 2 fully saturated rings. The van der Waals surface area contributed by atoms with E-state index in [9.17, 15) is 15.3 Å². The molecular formula is C21H32O3. The number of fused-ring (bicyclic) bond motifs is 5. The van der Waals surface area contributed by atoms with Crippen molar-refractivity contribution >= 4 is 0 Å². The SMILES string of the molecule is CCC1=CC[C@H]2C3=C(O)CC4CC(O)CC[C@]4(C)[C@H]3C(O)C[C@]12C. The molecule has 0 aromatic heterocycles. The van der Waals surface area contributed by atoms with Crippen LogP contribution in [-0.4, -0.2) is 27.5 Å². The van der Waals surface area contributed by atoms with Crippen LogP contribution < -0.4 is 0 Å². The molecule has 0 spiro atoms. The van der Waals surface area contributed by atoms with Gasteiger partial charge in [0.1, 0.15) is 0 Å². The first-order valence-electron chi connectivity index (χ1n) is 9.78. The minimum absolute atomic E-state index is 0.00531. The third-order valence-electron chi connectivity index (χ3n) is 8.20. The smallest absolute Gasteiger partial charge is 0.0924 e. The highest BCUT2D eigenvalue weighted by atomic mass is 16.3. The largest absolute Gasteiger partial charge is 0.512 e. The minimum Gasteiger partial charge on any atom is -0.512 e. The van der Waals surface area contributed by atoms with Gasteiger partial charge in [-0.1, -0.05) is 32.4 Å². The Morgan fingerprint density at radius 3 is 2.71 bits per heavy atom. The second-order valence-electron chi connectivity index (χ2n) is 9.27. The summed E-state index contributed by atoms with van der Waals surface area (Å²) in [5.41, 5.74) is 2.63. The molecule has 2 saturated carbocycles. The molecule has 7 atom stereocenters. The van der Waals surface area contributed by atoms with Gasteiger partial charge in [-0.2, -0.15) is 0 Å². The lowest BCUT2D eigenvalue weighted by atomic mass is 9.47. The molecule has 3 heteroatoms. The highest BCUT2D eigenvalue weighted by Crippen LogP contribution is 2.65. The topological polar surface area (TPSA) is 60.7 Å². The summed E-state index contributed by atoms with van der Waals surface area (Å²) in [5, 5.41) is 32.2. The number of aliphatic hydroxyl groups excluding tert-OH is 3. The van der Waals surface area contributed by atoms with Gasteiger partial charge in [0.2, 0.25) is 0 Å². The molecule has 0 radical (unpaired) electrons. The van der Waals surface area contributed by atoms with E-state index in [1.165, 1.54) is 5.57 Å². The molecule has 4 rings (SSSR count). The van der Waals surface area contributed by atoms with Crippen molar-refractivity contribution in [2.24, 2.45) is 28.6 Å². The summed E-state index contributed by atoms with van der Waals surface area (Å²) in [6.07, 6.45) is 7.79. The molecular weight excluding hydrogens is 300 g/mol. The summed E-state index contributed by atoms with van der Waals surface area (Å²) >= 11 is 0. The number of aliphatic hydroxyl groups is 3. The minimum atomic E-state index is -0.389. The Kier molecular flexibility index (Phi) is 3.71. The Morgan fingerprint density at radius 2 is 2.00 bits per heavy atom. The van der Waals surface area contributed by atoms with Crippen LogP contribution in [0.1, 0.15) is 65.7 Å². The zero-order valence-electron chi connectivity index (χ0n) is 15.3. The molecule has 4 aliphatic carbocycles. The van der Waals surface area contributed by atoms with Gasteiger partial charge < -0.3 is 15.3 Å². The van der Waals surface area contributed by atoms with Gasteiger partial charge >= 0.3 is 0 Å². The van der Waals surface area contributed by atoms with E-state index < -0.39 is 0 Å². The van der Waals surface area contributed by atoms with E-state index >= 15 is 0 Å². The molecule has 134 valence electrons. The van der Waals surface area contributed by atoms with Gasteiger partial charge in [-0.3, -0.25) is 0 Å². The summed E-state index contributed by atoms with van der Waals surface area (Å²) in [4.78, 5) is 0. The monoisotopic (exact) mass is 332 g/mol. The van der Waals surface area contributed by atoms with Gasteiger partial charge in [0.05, 0.1) is 18.0 Å². The van der Waals surface area contributed by atoms with Gasteiger partial charge in [-0.25, -0.2) is 0 Å². The second-order valence-corrected chi connectivity index (χ2v) is 9.27. The van der Waals surface area contributed by atoms with E-state index in [4.69, 9.17) is 0 Å². The van der Waals surface area contributed by atoms with Gasteiger partial charge in [-0.05, 0) is 66.8 Å². The number of hydrogen-bond acceptors (Lipinski definition) is 3. The number of hydrogen-bond donors (Lipinski definition) is 3. The Hall–Kier alpha value is -0.800. The van der Waals surface area contributed by atoms with Crippen LogP contribution in [0, 0.1) is 28.6 Å². The first-order valence-corrected chi connectivity index (χ1v) is 9.78. The molecule has 0 heterocycles. The van der Waals surface area contributed by atoms with E-state index in [0.717, 1.165) is 44.1 Å². The maximum Gasteiger partial charge on any atom is 0.0924 e. The normalized spacial score (nSPS) is 50.9. The fourth-order valence-corrected chi connectivity index (χ4v) is 6.89. The maximum absolute atomic E-state index is 11.2. The first-order chi connectivity index (χ1) is 11.3. The number of rotatable bonds is 1. The third kappa shape index (κ3) is 2.03. The molecule has 0 aliphatic heterocycles. The Morgan fingerprint density at radius 1 is 1.25 bits per heavy atom. The van der Waals surface area contributed by atoms with Crippen LogP contribution in [0.5, 0.6) is 0 Å². The summed E-state index contributed by atoms with van der Waals surface area (Å²) in [6.45, 7) is 6.79. The van der Waals surface area contributed by atoms with Gasteiger partial charge in [0.25, 0.3) is 0 Å². The predicted octanol–water partition coefficient (Wildman–Crippen LogP) is 4.11. The highest BCUT2D eigenvalue weighted by molar-refractivity contribution is 5.38. The van der Waals surface area contributed by atoms with E-state index in [0.29, 0.717) is 18.1 Å². The van der Waals surface area contributed by atoms with Gasteiger partial charge in [0, 0.05) is 12.3 Å². The van der Waals surface area contributed by atoms with Crippen molar-refractivity contribution in [2.45, 2.75) is 77.9 Å². The van der Waals surface area contributed by atoms with Crippen molar-refractivity contribution in [2.75, 3.05) is 0 Å². The van der Waals surface area contributed by atoms with Crippen LogP contribution >= 0.6 is 0 Å². The molecule has 0 aromatic rings. The maximum atomic E-state index is 11.2. The molecule has 0 saturated heterocycles. The summed E-state index contributed by atoms with van der Waals surface area (Å²) in [7, 11) is 0. The van der Waals surface area contributed by atoms with Crippen molar-refractivity contribution in [3.05, 3.63) is 23.0 Å². The van der Waals surface area contributed by atoms with E-state index in [-0.39, 0.29) is 34.9 Å². The molecule has 0 amide bonds. The Bertz CT molecular complexity index is 606. The lowest BCUT2D eigenvalue weighted by Gasteiger charge is -2.59. The van der Waals surface area contributed by atoms with E-state index in [1.807, 2.05) is 0 Å². The van der Waals surface area contributed by atoms with Crippen LogP contribution in [0.2, 0.25) is 0 Å². The van der Waals surface area contributed by atoms with Crippen LogP contribution in [0.3, 0.4) is 0 Å². The van der Waals surface area contributed by atoms with Crippen molar-refractivity contribution in [3.8, 4) is 0 Å². The summed E-state index contributed by atoms with van der Waals surface area (Å²) in [6, 6.07) is 0. The van der Waals surface area contributed by atoms with Crippen LogP contribution in [-0.2, 0) is 0 Å². The highest BCUT2D eigenvalue weighted by Gasteiger charge is 2.60. The average molecular weight is 332 g/mol. The quantitative estimate of drug-likeness (QED) is 0.633. The van der Waals surface area contributed by atoms with Crippen LogP contribution in [0.25, 0.3) is 0 Å². The first kappa shape index (κ1) is 16.7. The standard InChI is InChI=1S/C21H32O3/c1-4-12-5-6-15-18-16(23)10-13-9-14(22)7-8-20(13,2)19(18)17(24)11-21(12,15)3/h5,13-15,17,19,22-24H,4,6-11H2,1-3H3/t13?,14?,15-,17?,19-,20-,21+/m0/s1. The lowest BCUT2D eigenvalue weighted by Crippen LogP contribution is -2.55. The fraction of sp³-hybridized carbons (Fsp3) is 0.810. The van der Waals surface area contributed by atoms with Gasteiger partial charge in [-0.15, -0.1) is 0 Å². The van der Waals surface area contributed by atoms with Crippen molar-refractivity contribution in [1.29, 1.82) is 0 Å². The average Bonchev–Trinajstić information content (AvgIpc) is 2.84. The molecule has 0 bridgehead atoms. The lowest BCUT2D eigenvalue weighted by molar-refractivity contribution is -0.0951. The second kappa shape index (κ2) is 5.35. The molecule has 3 N–H and O–H groups in total.